The van der Waals surface area contributed by atoms with E-state index in [0.29, 0.717) is 39.3 Å². The van der Waals surface area contributed by atoms with Crippen molar-refractivity contribution in [2.45, 2.75) is 19.4 Å². The summed E-state index contributed by atoms with van der Waals surface area (Å²) in [4.78, 5) is 26.0. The molecular weight excluding hydrogens is 619 g/mol. The van der Waals surface area contributed by atoms with Gasteiger partial charge in [0.15, 0.2) is 0 Å². The van der Waals surface area contributed by atoms with Crippen molar-refractivity contribution in [2.24, 2.45) is 5.10 Å². The predicted octanol–water partition coefficient (Wildman–Crippen LogP) is 8.76. The summed E-state index contributed by atoms with van der Waals surface area (Å²) in [6.45, 7) is 1.52. The Hall–Kier alpha value is -4.70. The molecule has 0 saturated carbocycles. The first-order valence-corrected chi connectivity index (χ1v) is 14.7. The molecule has 5 aromatic rings. The third-order valence-corrected chi connectivity index (χ3v) is 7.55. The monoisotopic (exact) mass is 642 g/mol. The maximum atomic E-state index is 12.4. The van der Waals surface area contributed by atoms with Crippen molar-refractivity contribution >= 4 is 81.3 Å². The number of carbonyl (C=O) groups is 1. The van der Waals surface area contributed by atoms with Gasteiger partial charge in [0.25, 0.3) is 0 Å². The average Bonchev–Trinajstić information content (AvgIpc) is 3.46. The zero-order valence-electron chi connectivity index (χ0n) is 23.3. The largest absolute Gasteiger partial charge is 0.324 e. The smallest absolute Gasteiger partial charge is 0.240 e. The van der Waals surface area contributed by atoms with Crippen LogP contribution in [0.5, 0.6) is 0 Å². The molecule has 1 atom stereocenters. The minimum Gasteiger partial charge on any atom is -0.324 e. The quantitative estimate of drug-likeness (QED) is 0.155. The van der Waals surface area contributed by atoms with Gasteiger partial charge in [-0.05, 0) is 83.9 Å². The average molecular weight is 644 g/mol. The fourth-order valence-corrected chi connectivity index (χ4v) is 5.04. The van der Waals surface area contributed by atoms with E-state index in [-0.39, 0.29) is 11.9 Å². The van der Waals surface area contributed by atoms with Crippen LogP contribution >= 0.6 is 34.8 Å². The normalized spacial score (nSPS) is 14.2. The maximum Gasteiger partial charge on any atom is 0.240 e. The van der Waals surface area contributed by atoms with Gasteiger partial charge in [-0.25, -0.2) is 5.01 Å². The van der Waals surface area contributed by atoms with Crippen LogP contribution in [-0.2, 0) is 4.79 Å². The lowest BCUT2D eigenvalue weighted by atomic mass is 9.98. The van der Waals surface area contributed by atoms with Crippen LogP contribution in [0, 0.1) is 0 Å². The number of hydrogen-bond donors (Lipinski definition) is 3. The minimum atomic E-state index is -0.194. The Morgan fingerprint density at radius 1 is 0.636 bits per heavy atom. The van der Waals surface area contributed by atoms with Crippen molar-refractivity contribution in [3.8, 4) is 0 Å². The van der Waals surface area contributed by atoms with Crippen molar-refractivity contribution < 1.29 is 4.79 Å². The Kier molecular flexibility index (Phi) is 8.60. The molecule has 44 heavy (non-hydrogen) atoms. The molecule has 9 nitrogen and oxygen atoms in total. The second-order valence-corrected chi connectivity index (χ2v) is 11.3. The third-order valence-electron chi connectivity index (χ3n) is 6.80. The fraction of sp³-hybridized carbons (Fsp3) is 0.0938. The number of nitrogens with one attached hydrogen (secondary N) is 3. The maximum absolute atomic E-state index is 12.4. The molecule has 6 rings (SSSR count). The topological polar surface area (TPSA) is 107 Å². The van der Waals surface area contributed by atoms with Crippen LogP contribution in [0.2, 0.25) is 15.1 Å². The highest BCUT2D eigenvalue weighted by molar-refractivity contribution is 6.31. The summed E-state index contributed by atoms with van der Waals surface area (Å²) in [5, 5.41) is 17.7. The van der Waals surface area contributed by atoms with Gasteiger partial charge in [0.05, 0.1) is 11.8 Å². The van der Waals surface area contributed by atoms with E-state index >= 15 is 0 Å². The second kappa shape index (κ2) is 12.9. The van der Waals surface area contributed by atoms with E-state index < -0.39 is 0 Å². The number of rotatable bonds is 8. The van der Waals surface area contributed by atoms with Crippen molar-refractivity contribution in [2.75, 3.05) is 16.0 Å². The number of nitrogens with zero attached hydrogens (tertiary/aromatic N) is 5. The summed E-state index contributed by atoms with van der Waals surface area (Å²) in [6, 6.07) is 29.5. The molecule has 3 N–H and O–H groups in total. The van der Waals surface area contributed by atoms with Gasteiger partial charge in [-0.2, -0.15) is 20.1 Å². The second-order valence-electron chi connectivity index (χ2n) is 9.95. The third kappa shape index (κ3) is 7.08. The Morgan fingerprint density at radius 2 is 1.02 bits per heavy atom. The van der Waals surface area contributed by atoms with Gasteiger partial charge in [0.1, 0.15) is 0 Å². The van der Waals surface area contributed by atoms with Gasteiger partial charge in [-0.15, -0.1) is 0 Å². The van der Waals surface area contributed by atoms with Crippen molar-refractivity contribution in [3.63, 3.8) is 0 Å². The van der Waals surface area contributed by atoms with Gasteiger partial charge < -0.3 is 16.0 Å². The van der Waals surface area contributed by atoms with Crippen LogP contribution in [0.15, 0.2) is 102 Å². The first kappa shape index (κ1) is 29.4. The summed E-state index contributed by atoms with van der Waals surface area (Å²) < 4.78 is 0. The molecule has 220 valence electrons. The first-order valence-electron chi connectivity index (χ1n) is 13.6. The molecule has 1 aromatic heterocycles. The van der Waals surface area contributed by atoms with Crippen molar-refractivity contribution in [3.05, 3.63) is 123 Å². The molecule has 12 heteroatoms. The van der Waals surface area contributed by atoms with E-state index in [1.807, 2.05) is 72.8 Å². The zero-order chi connectivity index (χ0) is 30.6. The number of hydrogen-bond acceptors (Lipinski definition) is 8. The highest BCUT2D eigenvalue weighted by Crippen LogP contribution is 2.34. The van der Waals surface area contributed by atoms with E-state index in [1.54, 1.807) is 24.3 Å². The van der Waals surface area contributed by atoms with Gasteiger partial charge in [0.2, 0.25) is 23.8 Å². The molecule has 0 fully saturated rings. The Labute approximate surface area is 268 Å². The number of benzene rings is 4. The summed E-state index contributed by atoms with van der Waals surface area (Å²) in [7, 11) is 0. The van der Waals surface area contributed by atoms with E-state index in [0.717, 1.165) is 33.9 Å². The van der Waals surface area contributed by atoms with Crippen LogP contribution in [0.1, 0.15) is 30.5 Å². The van der Waals surface area contributed by atoms with Gasteiger partial charge in [-0.1, -0.05) is 59.1 Å². The van der Waals surface area contributed by atoms with E-state index in [9.17, 15) is 4.79 Å². The van der Waals surface area contributed by atoms with E-state index in [4.69, 9.17) is 34.8 Å². The summed E-state index contributed by atoms with van der Waals surface area (Å²) in [6.07, 6.45) is 0.584. The lowest BCUT2D eigenvalue weighted by Gasteiger charge is -2.20. The number of aromatic nitrogens is 3. The molecule has 1 aliphatic heterocycles. The van der Waals surface area contributed by atoms with E-state index in [2.05, 4.69) is 36.0 Å². The first-order chi connectivity index (χ1) is 21.3. The Bertz CT molecular complexity index is 1750. The molecule has 0 bridgehead atoms. The number of carbonyl (C=O) groups excluding carboxylic acids is 1. The zero-order valence-corrected chi connectivity index (χ0v) is 25.6. The summed E-state index contributed by atoms with van der Waals surface area (Å²) >= 11 is 18.2. The SMILES string of the molecule is CC(=O)N1N=C(c2ccc(Nc3nc(Nc4ccc(Cl)cc4)nc(Nc4ccc(Cl)cc4)n3)cc2)CC1c1ccc(Cl)cc1. The van der Waals surface area contributed by atoms with Crippen LogP contribution in [-0.4, -0.2) is 31.6 Å². The van der Waals surface area contributed by atoms with Crippen LogP contribution < -0.4 is 16.0 Å². The number of anilines is 6. The standard InChI is InChI=1S/C32H25Cl3N8O/c1-19(44)43-29(21-2-6-22(33)7-3-21)18-28(42-43)20-4-12-25(13-5-20)36-30-39-31(37-26-14-8-23(34)9-15-26)41-32(40-30)38-27-16-10-24(35)11-17-27/h2-17,29H,18H2,1H3,(H3,36,37,38,39,40,41). The molecule has 0 radical (unpaired) electrons. The Morgan fingerprint density at radius 3 is 1.43 bits per heavy atom. The lowest BCUT2D eigenvalue weighted by Crippen LogP contribution is -2.24. The molecule has 4 aromatic carbocycles. The molecule has 0 saturated heterocycles. The van der Waals surface area contributed by atoms with Gasteiger partial charge >= 0.3 is 0 Å². The van der Waals surface area contributed by atoms with Gasteiger partial charge in [0, 0.05) is 45.5 Å². The molecule has 0 spiro atoms. The van der Waals surface area contributed by atoms with Crippen molar-refractivity contribution in [1.82, 2.24) is 20.0 Å². The number of amides is 1. The summed E-state index contributed by atoms with van der Waals surface area (Å²) in [5.41, 5.74) is 4.98. The predicted molar refractivity (Wildman–Crippen MR) is 177 cm³/mol. The van der Waals surface area contributed by atoms with Gasteiger partial charge in [-0.3, -0.25) is 4.79 Å². The number of halogens is 3. The highest BCUT2D eigenvalue weighted by Gasteiger charge is 2.31. The minimum absolute atomic E-state index is 0.126. The molecule has 0 aliphatic carbocycles. The molecular formula is C32H25Cl3N8O. The molecule has 1 unspecified atom stereocenters. The lowest BCUT2D eigenvalue weighted by molar-refractivity contribution is -0.130. The number of hydrazone groups is 1. The van der Waals surface area contributed by atoms with Crippen LogP contribution in [0.4, 0.5) is 34.9 Å². The Balaban J connectivity index is 1.23. The highest BCUT2D eigenvalue weighted by atomic mass is 35.5. The fourth-order valence-electron chi connectivity index (χ4n) is 4.66. The van der Waals surface area contributed by atoms with Crippen LogP contribution in [0.3, 0.4) is 0 Å². The molecule has 1 amide bonds. The molecule has 1 aliphatic rings. The van der Waals surface area contributed by atoms with Crippen molar-refractivity contribution in [1.29, 1.82) is 0 Å². The summed E-state index contributed by atoms with van der Waals surface area (Å²) in [5.74, 6) is 0.857. The molecule has 2 heterocycles. The van der Waals surface area contributed by atoms with Crippen LogP contribution in [0.25, 0.3) is 0 Å². The van der Waals surface area contributed by atoms with E-state index in [1.165, 1.54) is 11.9 Å².